The topological polar surface area (TPSA) is 49.4 Å². The lowest BCUT2D eigenvalue weighted by Crippen LogP contribution is -2.15. The predicted molar refractivity (Wildman–Crippen MR) is 180 cm³/mol. The molecule has 0 radical (unpaired) electrons. The molecule has 4 nitrogen and oxygen atoms in total. The zero-order valence-corrected chi connectivity index (χ0v) is 25.4. The van der Waals surface area contributed by atoms with E-state index in [1.54, 1.807) is 0 Å². The molecule has 7 rings (SSSR count). The first-order chi connectivity index (χ1) is 20.7. The van der Waals surface area contributed by atoms with Crippen LogP contribution in [0.15, 0.2) is 162 Å². The summed E-state index contributed by atoms with van der Waals surface area (Å²) >= 11 is 7.64. The van der Waals surface area contributed by atoms with Crippen molar-refractivity contribution in [2.45, 2.75) is 0 Å². The van der Waals surface area contributed by atoms with Gasteiger partial charge in [0.2, 0.25) is 0 Å². The van der Waals surface area contributed by atoms with Gasteiger partial charge in [0.25, 0.3) is 0 Å². The molecule has 0 fully saturated rings. The Balaban J connectivity index is 1.42. The van der Waals surface area contributed by atoms with Crippen molar-refractivity contribution in [1.82, 2.24) is 0 Å². The summed E-state index contributed by atoms with van der Waals surface area (Å²) in [6.45, 7) is 0. The van der Waals surface area contributed by atoms with Gasteiger partial charge in [-0.1, -0.05) is 153 Å². The molecule has 0 aliphatic carbocycles. The maximum Gasteiger partial charge on any atom is 0.161 e. The van der Waals surface area contributed by atoms with E-state index in [0.29, 0.717) is 11.6 Å². The Hall–Kier alpha value is -4.52. The highest BCUT2D eigenvalue weighted by Gasteiger charge is 2.23. The van der Waals surface area contributed by atoms with Gasteiger partial charge in [-0.15, -0.1) is 0 Å². The highest BCUT2D eigenvalue weighted by Crippen LogP contribution is 2.24. The van der Waals surface area contributed by atoms with Gasteiger partial charge in [0, 0.05) is 41.6 Å². The Kier molecular flexibility index (Phi) is 7.16. The maximum atomic E-state index is 5.04. The van der Waals surface area contributed by atoms with Crippen LogP contribution in [-0.4, -0.2) is 22.8 Å². The summed E-state index contributed by atoms with van der Waals surface area (Å²) in [6.07, 6.45) is 0. The van der Waals surface area contributed by atoms with E-state index < -0.39 is 0 Å². The van der Waals surface area contributed by atoms with Gasteiger partial charge in [-0.2, -0.15) is 0 Å². The van der Waals surface area contributed by atoms with E-state index in [2.05, 4.69) is 80.4 Å². The summed E-state index contributed by atoms with van der Waals surface area (Å²) in [5.74, 6) is 1.29. The third-order valence-corrected chi connectivity index (χ3v) is 8.36. The molecule has 200 valence electrons. The number of aliphatic imine (C=N–C) groups is 4. The summed E-state index contributed by atoms with van der Waals surface area (Å²) in [5.41, 5.74) is 7.49. The predicted octanol–water partition coefficient (Wildman–Crippen LogP) is 7.33. The lowest BCUT2D eigenvalue weighted by atomic mass is 10.0. The standard InChI is InChI=1S/C36H22Br2N4/c37-29-22-28(36-41-33(25-17-9-3-10-18-25)34(42-36)26-19-11-4-12-20-26)30(38)21-27(29)35-39-31(23-13-5-1-6-14-23)32(40-35)24-15-7-2-8-16-24/h1-22H. The van der Waals surface area contributed by atoms with Crippen molar-refractivity contribution < 1.29 is 0 Å². The van der Waals surface area contributed by atoms with Crippen LogP contribution in [0.25, 0.3) is 11.6 Å². The molecule has 0 amide bonds. The zero-order valence-electron chi connectivity index (χ0n) is 22.2. The SMILES string of the molecule is Brc1cc(=C2N=C(c3ccccc3)C(c3ccccc3)=N2)c(Br)cc1=C1N=C(c2ccccc2)C(c2ccccc2)=N1. The van der Waals surface area contributed by atoms with Crippen LogP contribution in [0.3, 0.4) is 0 Å². The largest absolute Gasteiger partial charge is 0.226 e. The first-order valence-electron chi connectivity index (χ1n) is 13.5. The summed E-state index contributed by atoms with van der Waals surface area (Å²) < 4.78 is 1.72. The van der Waals surface area contributed by atoms with Crippen molar-refractivity contribution in [1.29, 1.82) is 0 Å². The fourth-order valence-corrected chi connectivity index (χ4v) is 6.05. The maximum absolute atomic E-state index is 5.04. The van der Waals surface area contributed by atoms with Crippen LogP contribution >= 0.6 is 31.9 Å². The lowest BCUT2D eigenvalue weighted by molar-refractivity contribution is 1.33. The second-order valence-corrected chi connectivity index (χ2v) is 11.5. The molecule has 0 saturated carbocycles. The summed E-state index contributed by atoms with van der Waals surface area (Å²) in [4.78, 5) is 20.1. The molecule has 0 N–H and O–H groups in total. The Morgan fingerprint density at radius 2 is 0.571 bits per heavy atom. The molecule has 0 atom stereocenters. The van der Waals surface area contributed by atoms with Crippen LogP contribution in [0.5, 0.6) is 0 Å². The van der Waals surface area contributed by atoms with Gasteiger partial charge in [-0.3, -0.25) is 0 Å². The number of nitrogens with zero attached hydrogens (tertiary/aromatic N) is 4. The molecule has 2 heterocycles. The van der Waals surface area contributed by atoms with Gasteiger partial charge in [0.15, 0.2) is 11.6 Å². The fourth-order valence-electron chi connectivity index (χ4n) is 5.01. The van der Waals surface area contributed by atoms with Crippen molar-refractivity contribution in [3.05, 3.63) is 175 Å². The van der Waals surface area contributed by atoms with Gasteiger partial charge in [0.05, 0.1) is 22.8 Å². The monoisotopic (exact) mass is 668 g/mol. The minimum Gasteiger partial charge on any atom is -0.226 e. The molecule has 2 aliphatic rings. The molecule has 42 heavy (non-hydrogen) atoms. The van der Waals surface area contributed by atoms with Crippen LogP contribution in [0, 0.1) is 0 Å². The van der Waals surface area contributed by atoms with Crippen molar-refractivity contribution in [2.24, 2.45) is 20.0 Å². The van der Waals surface area contributed by atoms with Crippen molar-refractivity contribution in [3.63, 3.8) is 0 Å². The van der Waals surface area contributed by atoms with Crippen molar-refractivity contribution in [2.75, 3.05) is 0 Å². The minimum atomic E-state index is 0.644. The average molecular weight is 670 g/mol. The van der Waals surface area contributed by atoms with Crippen LogP contribution in [-0.2, 0) is 0 Å². The third kappa shape index (κ3) is 5.04. The van der Waals surface area contributed by atoms with E-state index in [4.69, 9.17) is 20.0 Å². The smallest absolute Gasteiger partial charge is 0.161 e. The van der Waals surface area contributed by atoms with E-state index >= 15 is 0 Å². The Labute approximate surface area is 260 Å². The molecule has 0 aromatic heterocycles. The quantitative estimate of drug-likeness (QED) is 0.193. The second kappa shape index (κ2) is 11.4. The third-order valence-electron chi connectivity index (χ3n) is 7.05. The van der Waals surface area contributed by atoms with Crippen molar-refractivity contribution in [3.8, 4) is 0 Å². The number of hydrogen-bond donors (Lipinski definition) is 0. The molecule has 5 aromatic rings. The molecule has 6 heteroatoms. The van der Waals surface area contributed by atoms with Gasteiger partial charge in [0.1, 0.15) is 0 Å². The Morgan fingerprint density at radius 1 is 0.333 bits per heavy atom. The van der Waals surface area contributed by atoms with Gasteiger partial charge < -0.3 is 0 Å². The second-order valence-electron chi connectivity index (χ2n) is 9.76. The molecule has 0 bridgehead atoms. The molecular weight excluding hydrogens is 648 g/mol. The number of rotatable bonds is 4. The first-order valence-corrected chi connectivity index (χ1v) is 15.1. The zero-order chi connectivity index (χ0) is 28.5. The number of hydrogen-bond acceptors (Lipinski definition) is 4. The highest BCUT2D eigenvalue weighted by atomic mass is 79.9. The van der Waals surface area contributed by atoms with Gasteiger partial charge in [-0.25, -0.2) is 20.0 Å². The molecule has 0 saturated heterocycles. The molecule has 0 unspecified atom stereocenters. The summed E-state index contributed by atoms with van der Waals surface area (Å²) in [7, 11) is 0. The minimum absolute atomic E-state index is 0.644. The Morgan fingerprint density at radius 3 is 0.810 bits per heavy atom. The average Bonchev–Trinajstić information content (AvgIpc) is 3.70. The van der Waals surface area contributed by atoms with Gasteiger partial charge >= 0.3 is 0 Å². The van der Waals surface area contributed by atoms with Gasteiger partial charge in [-0.05, 0) is 12.1 Å². The molecule has 2 aliphatic heterocycles. The van der Waals surface area contributed by atoms with Crippen LogP contribution in [0.2, 0.25) is 0 Å². The van der Waals surface area contributed by atoms with Crippen molar-refractivity contribution >= 4 is 66.3 Å². The van der Waals surface area contributed by atoms with E-state index in [1.807, 2.05) is 84.9 Å². The normalized spacial score (nSPS) is 14.4. The van der Waals surface area contributed by atoms with E-state index in [-0.39, 0.29) is 0 Å². The summed E-state index contributed by atoms with van der Waals surface area (Å²) in [5, 5.41) is 1.76. The molecule has 5 aromatic carbocycles. The van der Waals surface area contributed by atoms with E-state index in [0.717, 1.165) is 64.5 Å². The molecular formula is C36H22Br2N4. The number of halogens is 2. The first kappa shape index (κ1) is 26.4. The molecule has 0 spiro atoms. The summed E-state index contributed by atoms with van der Waals surface area (Å²) in [6, 6.07) is 44.8. The van der Waals surface area contributed by atoms with Crippen LogP contribution in [0.1, 0.15) is 22.3 Å². The van der Waals surface area contributed by atoms with Crippen LogP contribution in [0.4, 0.5) is 0 Å². The van der Waals surface area contributed by atoms with E-state index in [1.165, 1.54) is 0 Å². The number of benzene rings is 5. The Bertz CT molecular complexity index is 1800. The fraction of sp³-hybridized carbons (Fsp3) is 0. The van der Waals surface area contributed by atoms with Crippen LogP contribution < -0.4 is 10.4 Å². The lowest BCUT2D eigenvalue weighted by Gasteiger charge is -2.04. The van der Waals surface area contributed by atoms with E-state index in [9.17, 15) is 0 Å². The highest BCUT2D eigenvalue weighted by molar-refractivity contribution is 9.11.